The van der Waals surface area contributed by atoms with Crippen LogP contribution >= 0.6 is 43.5 Å². The van der Waals surface area contributed by atoms with Crippen molar-refractivity contribution in [1.82, 2.24) is 0 Å². The maximum Gasteiger partial charge on any atom is 0.355 e. The molecule has 0 aliphatic carbocycles. The first-order valence-corrected chi connectivity index (χ1v) is 6.05. The Balaban J connectivity index is 3.05. The minimum Gasteiger partial charge on any atom is -0.422 e. The zero-order valence-electron chi connectivity index (χ0n) is 7.61. The largest absolute Gasteiger partial charge is 0.422 e. The molecular weight excluding hydrogens is 347 g/mol. The van der Waals surface area contributed by atoms with Crippen molar-refractivity contribution in [3.63, 3.8) is 0 Å². The average Bonchev–Trinajstić information content (AvgIpc) is 2.13. The van der Waals surface area contributed by atoms with Crippen LogP contribution in [0.4, 0.5) is 0 Å². The Morgan fingerprint density at radius 3 is 2.67 bits per heavy atom. The summed E-state index contributed by atoms with van der Waals surface area (Å²) in [7, 11) is 0. The molecule has 0 atom stereocenters. The molecule has 1 heterocycles. The Kier molecular flexibility index (Phi) is 2.92. The lowest BCUT2D eigenvalue weighted by molar-refractivity contribution is 0.560. The zero-order chi connectivity index (χ0) is 11.2. The van der Waals surface area contributed by atoms with Crippen LogP contribution in [0.25, 0.3) is 11.0 Å². The summed E-state index contributed by atoms with van der Waals surface area (Å²) in [6.07, 6.45) is 0. The molecule has 2 rings (SSSR count). The number of halogens is 3. The van der Waals surface area contributed by atoms with E-state index < -0.39 is 5.63 Å². The molecule has 1 aromatic heterocycles. The summed E-state index contributed by atoms with van der Waals surface area (Å²) in [4.78, 5) is 11.3. The first kappa shape index (κ1) is 11.2. The lowest BCUT2D eigenvalue weighted by atomic mass is 10.1. The summed E-state index contributed by atoms with van der Waals surface area (Å²) in [5, 5.41) is 0.952. The topological polar surface area (TPSA) is 30.2 Å². The van der Waals surface area contributed by atoms with Gasteiger partial charge in [-0.2, -0.15) is 0 Å². The Morgan fingerprint density at radius 2 is 2.00 bits per heavy atom. The van der Waals surface area contributed by atoms with Gasteiger partial charge in [-0.3, -0.25) is 0 Å². The molecule has 0 bridgehead atoms. The third-order valence-corrected chi connectivity index (χ3v) is 3.63. The fourth-order valence-electron chi connectivity index (χ4n) is 1.40. The van der Waals surface area contributed by atoms with E-state index in [9.17, 15) is 4.79 Å². The highest BCUT2D eigenvalue weighted by atomic mass is 79.9. The normalized spacial score (nSPS) is 10.9. The lowest BCUT2D eigenvalue weighted by Gasteiger charge is -2.05. The molecule has 0 N–H and O–H groups in total. The van der Waals surface area contributed by atoms with Crippen LogP contribution in [-0.2, 0) is 0 Å². The van der Waals surface area contributed by atoms with E-state index in [4.69, 9.17) is 16.0 Å². The van der Waals surface area contributed by atoms with E-state index in [1.165, 1.54) is 0 Å². The first-order chi connectivity index (χ1) is 7.00. The standard InChI is InChI=1S/C10H5Br2ClO2/c1-4-8-6(12)2-5(11)3-7(8)15-10(14)9(4)13/h2-3H,1H3. The van der Waals surface area contributed by atoms with Crippen molar-refractivity contribution >= 4 is 54.4 Å². The summed E-state index contributed by atoms with van der Waals surface area (Å²) < 4.78 is 6.77. The maximum atomic E-state index is 11.3. The Hall–Kier alpha value is -0.320. The van der Waals surface area contributed by atoms with E-state index >= 15 is 0 Å². The fraction of sp³-hybridized carbons (Fsp3) is 0.100. The van der Waals surface area contributed by atoms with Gasteiger partial charge in [0.1, 0.15) is 10.6 Å². The molecule has 1 aromatic carbocycles. The number of benzene rings is 1. The molecule has 0 amide bonds. The van der Waals surface area contributed by atoms with E-state index in [2.05, 4.69) is 31.9 Å². The summed E-state index contributed by atoms with van der Waals surface area (Å²) in [6, 6.07) is 3.62. The third-order valence-electron chi connectivity index (χ3n) is 2.10. The van der Waals surface area contributed by atoms with Gasteiger partial charge in [0.2, 0.25) is 0 Å². The molecule has 0 fully saturated rings. The second kappa shape index (κ2) is 3.92. The molecule has 0 saturated heterocycles. The van der Waals surface area contributed by atoms with Gasteiger partial charge in [-0.1, -0.05) is 27.5 Å². The molecule has 2 nitrogen and oxygen atoms in total. The van der Waals surface area contributed by atoms with Crippen LogP contribution in [0.1, 0.15) is 5.56 Å². The molecule has 5 heteroatoms. The minimum absolute atomic E-state index is 0.130. The van der Waals surface area contributed by atoms with Crippen LogP contribution in [0.3, 0.4) is 0 Å². The van der Waals surface area contributed by atoms with Gasteiger partial charge < -0.3 is 4.42 Å². The smallest absolute Gasteiger partial charge is 0.355 e. The van der Waals surface area contributed by atoms with Crippen molar-refractivity contribution in [2.75, 3.05) is 0 Å². The van der Waals surface area contributed by atoms with Crippen molar-refractivity contribution in [3.05, 3.63) is 42.1 Å². The predicted molar refractivity (Wildman–Crippen MR) is 67.6 cm³/mol. The van der Waals surface area contributed by atoms with Gasteiger partial charge in [0, 0.05) is 14.3 Å². The predicted octanol–water partition coefficient (Wildman–Crippen LogP) is 4.28. The van der Waals surface area contributed by atoms with Crippen molar-refractivity contribution in [3.8, 4) is 0 Å². The minimum atomic E-state index is -0.508. The second-order valence-corrected chi connectivity index (χ2v) is 5.24. The summed E-state index contributed by atoms with van der Waals surface area (Å²) >= 11 is 12.6. The summed E-state index contributed by atoms with van der Waals surface area (Å²) in [5.74, 6) is 0. The number of hydrogen-bond acceptors (Lipinski definition) is 2. The molecule has 0 spiro atoms. The number of aryl methyl sites for hydroxylation is 1. The maximum absolute atomic E-state index is 11.3. The Bertz CT molecular complexity index is 604. The number of rotatable bonds is 0. The monoisotopic (exact) mass is 350 g/mol. The van der Waals surface area contributed by atoms with E-state index in [1.54, 1.807) is 13.0 Å². The Labute approximate surface area is 107 Å². The van der Waals surface area contributed by atoms with Gasteiger partial charge in [-0.25, -0.2) is 4.79 Å². The fourth-order valence-corrected chi connectivity index (χ4v) is 3.02. The third kappa shape index (κ3) is 1.86. The molecule has 0 saturated carbocycles. The van der Waals surface area contributed by atoms with Crippen LogP contribution in [0.5, 0.6) is 0 Å². The van der Waals surface area contributed by atoms with Crippen LogP contribution in [0.2, 0.25) is 5.02 Å². The van der Waals surface area contributed by atoms with Gasteiger partial charge in [-0.05, 0) is 40.5 Å². The van der Waals surface area contributed by atoms with Crippen LogP contribution in [0, 0.1) is 6.92 Å². The zero-order valence-corrected chi connectivity index (χ0v) is 11.5. The van der Waals surface area contributed by atoms with Crippen LogP contribution in [-0.4, -0.2) is 0 Å². The molecule has 15 heavy (non-hydrogen) atoms. The summed E-state index contributed by atoms with van der Waals surface area (Å²) in [5.41, 5.74) is 0.733. The van der Waals surface area contributed by atoms with Gasteiger partial charge in [0.25, 0.3) is 0 Å². The summed E-state index contributed by atoms with van der Waals surface area (Å²) in [6.45, 7) is 1.79. The molecule has 0 aliphatic rings. The number of hydrogen-bond donors (Lipinski definition) is 0. The first-order valence-electron chi connectivity index (χ1n) is 4.08. The molecule has 78 valence electrons. The van der Waals surface area contributed by atoms with Crippen molar-refractivity contribution in [1.29, 1.82) is 0 Å². The molecule has 0 aliphatic heterocycles. The Morgan fingerprint density at radius 1 is 1.33 bits per heavy atom. The van der Waals surface area contributed by atoms with Crippen molar-refractivity contribution in [2.45, 2.75) is 6.92 Å². The van der Waals surface area contributed by atoms with Gasteiger partial charge in [0.05, 0.1) is 0 Å². The lowest BCUT2D eigenvalue weighted by Crippen LogP contribution is -2.02. The van der Waals surface area contributed by atoms with E-state index in [1.807, 2.05) is 6.07 Å². The molecule has 0 radical (unpaired) electrons. The highest BCUT2D eigenvalue weighted by Crippen LogP contribution is 2.32. The van der Waals surface area contributed by atoms with Crippen molar-refractivity contribution in [2.24, 2.45) is 0 Å². The average molecular weight is 352 g/mol. The second-order valence-electron chi connectivity index (χ2n) is 3.09. The van der Waals surface area contributed by atoms with Gasteiger partial charge in [0.15, 0.2) is 0 Å². The van der Waals surface area contributed by atoms with E-state index in [0.717, 1.165) is 19.9 Å². The molecule has 2 aromatic rings. The quantitative estimate of drug-likeness (QED) is 0.663. The number of fused-ring (bicyclic) bond motifs is 1. The molecular formula is C10H5Br2ClO2. The van der Waals surface area contributed by atoms with E-state index in [-0.39, 0.29) is 5.02 Å². The van der Waals surface area contributed by atoms with Crippen LogP contribution in [0.15, 0.2) is 30.3 Å². The highest BCUT2D eigenvalue weighted by molar-refractivity contribution is 9.11. The van der Waals surface area contributed by atoms with Crippen molar-refractivity contribution < 1.29 is 4.42 Å². The van der Waals surface area contributed by atoms with Gasteiger partial charge >= 0.3 is 5.63 Å². The van der Waals surface area contributed by atoms with Gasteiger partial charge in [-0.15, -0.1) is 0 Å². The van der Waals surface area contributed by atoms with E-state index in [0.29, 0.717) is 5.58 Å². The van der Waals surface area contributed by atoms with Crippen LogP contribution < -0.4 is 5.63 Å². The molecule has 0 unspecified atom stereocenters. The SMILES string of the molecule is Cc1c(Cl)c(=O)oc2cc(Br)cc(Br)c12. The highest BCUT2D eigenvalue weighted by Gasteiger charge is 2.12.